The summed E-state index contributed by atoms with van der Waals surface area (Å²) in [7, 11) is -0.342. The second-order valence-corrected chi connectivity index (χ2v) is 12.1. The van der Waals surface area contributed by atoms with Crippen LogP contribution < -0.4 is 0 Å². The zero-order valence-corrected chi connectivity index (χ0v) is 14.7. The molecular formula is C14H27ClO3Si. The zero-order valence-electron chi connectivity index (χ0n) is 13.0. The molecule has 3 nitrogen and oxygen atoms in total. The number of ether oxygens (including phenoxy) is 1. The Labute approximate surface area is 123 Å². The fourth-order valence-electron chi connectivity index (χ4n) is 2.37. The Morgan fingerprint density at radius 2 is 1.89 bits per heavy atom. The minimum Gasteiger partial charge on any atom is -0.469 e. The van der Waals surface area contributed by atoms with Crippen LogP contribution in [0, 0.1) is 11.8 Å². The number of hydrogen-bond acceptors (Lipinski definition) is 3. The summed E-state index contributed by atoms with van der Waals surface area (Å²) >= 11 is 5.98. The molecule has 1 fully saturated rings. The van der Waals surface area contributed by atoms with E-state index in [0.717, 1.165) is 12.8 Å². The highest BCUT2D eigenvalue weighted by molar-refractivity contribution is 6.74. The summed E-state index contributed by atoms with van der Waals surface area (Å²) in [6.45, 7) is 11.2. The highest BCUT2D eigenvalue weighted by Gasteiger charge is 2.45. The molecule has 0 amide bonds. The lowest BCUT2D eigenvalue weighted by atomic mass is 9.98. The van der Waals surface area contributed by atoms with Crippen molar-refractivity contribution in [1.29, 1.82) is 0 Å². The van der Waals surface area contributed by atoms with Gasteiger partial charge < -0.3 is 9.16 Å². The van der Waals surface area contributed by atoms with E-state index < -0.39 is 8.32 Å². The van der Waals surface area contributed by atoms with E-state index in [1.165, 1.54) is 7.11 Å². The number of alkyl halides is 1. The highest BCUT2D eigenvalue weighted by Crippen LogP contribution is 2.42. The lowest BCUT2D eigenvalue weighted by Gasteiger charge is -2.38. The summed E-state index contributed by atoms with van der Waals surface area (Å²) in [6.07, 6.45) is 1.76. The van der Waals surface area contributed by atoms with Crippen LogP contribution in [-0.2, 0) is 14.0 Å². The Morgan fingerprint density at radius 3 is 2.32 bits per heavy atom. The SMILES string of the molecule is COC(=O)[C@@H]1C[C@H](O[Si](C)(C)C(C)(C)C)C[C@@H]1CCl. The van der Waals surface area contributed by atoms with Gasteiger partial charge in [0.25, 0.3) is 0 Å². The first-order valence-corrected chi connectivity index (χ1v) is 10.4. The molecule has 0 aromatic rings. The van der Waals surface area contributed by atoms with Gasteiger partial charge in [-0.25, -0.2) is 0 Å². The molecule has 0 bridgehead atoms. The van der Waals surface area contributed by atoms with Gasteiger partial charge in [0, 0.05) is 12.0 Å². The first-order chi connectivity index (χ1) is 8.62. The molecule has 0 heterocycles. The normalized spacial score (nSPS) is 28.5. The van der Waals surface area contributed by atoms with Crippen molar-refractivity contribution in [2.75, 3.05) is 13.0 Å². The van der Waals surface area contributed by atoms with Crippen LogP contribution in [0.5, 0.6) is 0 Å². The molecule has 0 aromatic heterocycles. The monoisotopic (exact) mass is 306 g/mol. The van der Waals surface area contributed by atoms with Crippen molar-refractivity contribution in [3.8, 4) is 0 Å². The molecule has 0 spiro atoms. The molecule has 0 N–H and O–H groups in total. The van der Waals surface area contributed by atoms with E-state index in [4.69, 9.17) is 20.8 Å². The van der Waals surface area contributed by atoms with Crippen molar-refractivity contribution in [2.45, 2.75) is 57.8 Å². The molecule has 19 heavy (non-hydrogen) atoms. The van der Waals surface area contributed by atoms with E-state index in [0.29, 0.717) is 5.88 Å². The van der Waals surface area contributed by atoms with Crippen LogP contribution in [0.4, 0.5) is 0 Å². The molecule has 5 heteroatoms. The van der Waals surface area contributed by atoms with Crippen molar-refractivity contribution in [2.24, 2.45) is 11.8 Å². The number of hydrogen-bond donors (Lipinski definition) is 0. The van der Waals surface area contributed by atoms with E-state index in [1.807, 2.05) is 0 Å². The van der Waals surface area contributed by atoms with Gasteiger partial charge >= 0.3 is 5.97 Å². The van der Waals surface area contributed by atoms with Crippen molar-refractivity contribution in [3.05, 3.63) is 0 Å². The summed E-state index contributed by atoms with van der Waals surface area (Å²) < 4.78 is 11.3. The highest BCUT2D eigenvalue weighted by atomic mass is 35.5. The van der Waals surface area contributed by atoms with Crippen molar-refractivity contribution in [3.63, 3.8) is 0 Å². The molecule has 0 saturated heterocycles. The van der Waals surface area contributed by atoms with Gasteiger partial charge in [-0.15, -0.1) is 11.6 Å². The van der Waals surface area contributed by atoms with Gasteiger partial charge in [-0.2, -0.15) is 0 Å². The second-order valence-electron chi connectivity index (χ2n) is 7.02. The molecule has 0 aromatic carbocycles. The van der Waals surface area contributed by atoms with Crippen LogP contribution in [0.25, 0.3) is 0 Å². The van der Waals surface area contributed by atoms with E-state index in [2.05, 4.69) is 33.9 Å². The topological polar surface area (TPSA) is 35.5 Å². The molecular weight excluding hydrogens is 280 g/mol. The third-order valence-electron chi connectivity index (χ3n) is 4.62. The van der Waals surface area contributed by atoms with Crippen LogP contribution in [-0.4, -0.2) is 33.4 Å². The number of methoxy groups -OCH3 is 1. The first-order valence-electron chi connectivity index (χ1n) is 6.94. The van der Waals surface area contributed by atoms with E-state index in [9.17, 15) is 4.79 Å². The summed E-state index contributed by atoms with van der Waals surface area (Å²) in [5.74, 6) is 0.435. The van der Waals surface area contributed by atoms with Crippen molar-refractivity contribution >= 4 is 25.9 Å². The lowest BCUT2D eigenvalue weighted by molar-refractivity contribution is -0.146. The van der Waals surface area contributed by atoms with E-state index in [-0.39, 0.29) is 28.9 Å². The molecule has 0 unspecified atom stereocenters. The number of carbonyl (C=O) groups excluding carboxylic acids is 1. The standard InChI is InChI=1S/C14H27ClO3Si/c1-14(2,3)19(5,6)18-11-7-10(9-15)12(8-11)13(16)17-4/h10-12H,7-9H2,1-6H3/t10-,11-,12-/m1/s1. The smallest absolute Gasteiger partial charge is 0.309 e. The van der Waals surface area contributed by atoms with Crippen LogP contribution in [0.1, 0.15) is 33.6 Å². The maximum Gasteiger partial charge on any atom is 0.309 e. The van der Waals surface area contributed by atoms with Crippen LogP contribution in [0.15, 0.2) is 0 Å². The summed E-state index contributed by atoms with van der Waals surface area (Å²) in [5.41, 5.74) is 0. The maximum atomic E-state index is 11.8. The van der Waals surface area contributed by atoms with Gasteiger partial charge in [-0.05, 0) is 36.9 Å². The van der Waals surface area contributed by atoms with E-state index in [1.54, 1.807) is 0 Å². The number of carbonyl (C=O) groups is 1. The second kappa shape index (κ2) is 6.14. The average Bonchev–Trinajstić information content (AvgIpc) is 2.68. The average molecular weight is 307 g/mol. The molecule has 1 aliphatic carbocycles. The molecule has 112 valence electrons. The first kappa shape index (κ1) is 17.0. The maximum absolute atomic E-state index is 11.8. The van der Waals surface area contributed by atoms with E-state index >= 15 is 0 Å². The van der Waals surface area contributed by atoms with Gasteiger partial charge in [-0.1, -0.05) is 20.8 Å². The minimum atomic E-state index is -1.78. The molecule has 1 aliphatic rings. The Hall–Kier alpha value is -0.0631. The number of halogens is 1. The van der Waals surface area contributed by atoms with Crippen molar-refractivity contribution in [1.82, 2.24) is 0 Å². The molecule has 0 aliphatic heterocycles. The van der Waals surface area contributed by atoms with Crippen LogP contribution in [0.3, 0.4) is 0 Å². The molecule has 0 radical (unpaired) electrons. The number of esters is 1. The summed E-state index contributed by atoms with van der Waals surface area (Å²) in [5, 5.41) is 0.187. The van der Waals surface area contributed by atoms with Crippen LogP contribution in [0.2, 0.25) is 18.1 Å². The van der Waals surface area contributed by atoms with Gasteiger partial charge in [0.05, 0.1) is 13.0 Å². The largest absolute Gasteiger partial charge is 0.469 e. The predicted octanol–water partition coefficient (Wildman–Crippen LogP) is 3.81. The Kier molecular flexibility index (Phi) is 5.49. The van der Waals surface area contributed by atoms with Gasteiger partial charge in [0.1, 0.15) is 0 Å². The zero-order chi connectivity index (χ0) is 14.8. The number of rotatable bonds is 4. The Bertz CT molecular complexity index is 325. The fourth-order valence-corrected chi connectivity index (χ4v) is 4.09. The minimum absolute atomic E-state index is 0.0998. The van der Waals surface area contributed by atoms with Gasteiger partial charge in [0.2, 0.25) is 0 Å². The molecule has 1 saturated carbocycles. The predicted molar refractivity (Wildman–Crippen MR) is 81.0 cm³/mol. The Balaban J connectivity index is 2.71. The summed E-state index contributed by atoms with van der Waals surface area (Å²) in [6, 6.07) is 0. The van der Waals surface area contributed by atoms with Gasteiger partial charge in [-0.3, -0.25) is 4.79 Å². The third kappa shape index (κ3) is 3.96. The summed E-state index contributed by atoms with van der Waals surface area (Å²) in [4.78, 5) is 11.8. The lowest BCUT2D eigenvalue weighted by Crippen LogP contribution is -2.43. The quantitative estimate of drug-likeness (QED) is 0.450. The molecule has 1 rings (SSSR count). The third-order valence-corrected chi connectivity index (χ3v) is 9.55. The Morgan fingerprint density at radius 1 is 1.32 bits per heavy atom. The van der Waals surface area contributed by atoms with Crippen LogP contribution >= 0.6 is 11.6 Å². The molecule has 3 atom stereocenters. The van der Waals surface area contributed by atoms with Crippen molar-refractivity contribution < 1.29 is 14.0 Å². The fraction of sp³-hybridized carbons (Fsp3) is 0.929. The van der Waals surface area contributed by atoms with Gasteiger partial charge in [0.15, 0.2) is 8.32 Å².